The first-order valence-electron chi connectivity index (χ1n) is 5.01. The number of rotatable bonds is 6. The van der Waals surface area contributed by atoms with Gasteiger partial charge in [0.05, 0.1) is 12.0 Å². The number of para-hydroxylation sites is 1. The molecule has 0 fully saturated rings. The number of benzene rings is 1. The second kappa shape index (κ2) is 5.67. The van der Waals surface area contributed by atoms with Crippen LogP contribution in [0.25, 0.3) is 0 Å². The minimum atomic E-state index is -1.33. The van der Waals surface area contributed by atoms with Crippen molar-refractivity contribution < 1.29 is 24.6 Å². The minimum Gasteiger partial charge on any atom is -0.481 e. The van der Waals surface area contributed by atoms with E-state index in [2.05, 4.69) is 5.32 Å². The molecular weight excluding hydrogens is 240 g/mol. The Balaban J connectivity index is 2.97. The van der Waals surface area contributed by atoms with E-state index in [4.69, 9.17) is 15.9 Å². The Hall–Kier alpha value is -2.57. The summed E-state index contributed by atoms with van der Waals surface area (Å²) < 4.78 is 0. The normalized spacial score (nSPS) is 11.6. The van der Waals surface area contributed by atoms with Gasteiger partial charge in [-0.2, -0.15) is 0 Å². The predicted octanol–water partition coefficient (Wildman–Crippen LogP) is 0.125. The molecule has 0 aromatic heterocycles. The topological polar surface area (TPSA) is 130 Å². The average molecular weight is 252 g/mol. The summed E-state index contributed by atoms with van der Waals surface area (Å²) in [6.45, 7) is 0. The molecule has 0 aliphatic rings. The third-order valence-electron chi connectivity index (χ3n) is 2.20. The van der Waals surface area contributed by atoms with Gasteiger partial charge in [-0.1, -0.05) is 12.1 Å². The highest BCUT2D eigenvalue weighted by atomic mass is 16.4. The molecule has 1 rings (SSSR count). The summed E-state index contributed by atoms with van der Waals surface area (Å²) in [5, 5.41) is 19.9. The maximum absolute atomic E-state index is 11.1. The zero-order chi connectivity index (χ0) is 13.7. The smallest absolute Gasteiger partial charge is 0.326 e. The molecule has 0 saturated carbocycles. The summed E-state index contributed by atoms with van der Waals surface area (Å²) in [5.74, 6) is -3.30. The molecule has 7 heteroatoms. The maximum Gasteiger partial charge on any atom is 0.326 e. The molecule has 1 atom stereocenters. The molecule has 7 nitrogen and oxygen atoms in total. The van der Waals surface area contributed by atoms with Crippen LogP contribution in [0.2, 0.25) is 0 Å². The monoisotopic (exact) mass is 252 g/mol. The number of carboxylic acid groups (broad SMARTS) is 2. The quantitative estimate of drug-likeness (QED) is 0.569. The van der Waals surface area contributed by atoms with Gasteiger partial charge in [0.1, 0.15) is 6.04 Å². The van der Waals surface area contributed by atoms with Crippen LogP contribution in [0.3, 0.4) is 0 Å². The predicted molar refractivity (Wildman–Crippen MR) is 62.3 cm³/mol. The van der Waals surface area contributed by atoms with Crippen LogP contribution in [-0.2, 0) is 9.59 Å². The van der Waals surface area contributed by atoms with Gasteiger partial charge >= 0.3 is 11.9 Å². The summed E-state index contributed by atoms with van der Waals surface area (Å²) in [6, 6.07) is 4.69. The lowest BCUT2D eigenvalue weighted by Gasteiger charge is -2.15. The van der Waals surface area contributed by atoms with Crippen LogP contribution in [0.1, 0.15) is 16.8 Å². The van der Waals surface area contributed by atoms with E-state index < -0.39 is 30.3 Å². The summed E-state index contributed by atoms with van der Waals surface area (Å²) in [6.07, 6.45) is -0.609. The molecule has 18 heavy (non-hydrogen) atoms. The fraction of sp³-hybridized carbons (Fsp3) is 0.182. The van der Waals surface area contributed by atoms with E-state index in [9.17, 15) is 14.4 Å². The van der Waals surface area contributed by atoms with Gasteiger partial charge in [0.2, 0.25) is 0 Å². The van der Waals surface area contributed by atoms with Crippen LogP contribution in [0.4, 0.5) is 5.69 Å². The molecule has 0 spiro atoms. The Kier molecular flexibility index (Phi) is 4.25. The van der Waals surface area contributed by atoms with Gasteiger partial charge in [0, 0.05) is 5.69 Å². The van der Waals surface area contributed by atoms with E-state index in [-0.39, 0.29) is 11.3 Å². The summed E-state index contributed by atoms with van der Waals surface area (Å²) in [5.41, 5.74) is 5.42. The number of carbonyl (C=O) groups excluding carboxylic acids is 1. The number of nitrogens with two attached hydrogens (primary N) is 1. The molecule has 0 aliphatic heterocycles. The largest absolute Gasteiger partial charge is 0.481 e. The Morgan fingerprint density at radius 1 is 1.22 bits per heavy atom. The SMILES string of the molecule is NC(=O)c1ccccc1NC(CC(=O)O)C(=O)O. The molecule has 96 valence electrons. The highest BCUT2D eigenvalue weighted by molar-refractivity contribution is 5.99. The van der Waals surface area contributed by atoms with Crippen LogP contribution in [0.5, 0.6) is 0 Å². The molecule has 1 aromatic carbocycles. The van der Waals surface area contributed by atoms with Crippen LogP contribution < -0.4 is 11.1 Å². The second-order valence-corrected chi connectivity index (χ2v) is 3.54. The Labute approximate surface area is 102 Å². The Bertz CT molecular complexity index is 486. The number of anilines is 1. The fourth-order valence-electron chi connectivity index (χ4n) is 1.39. The zero-order valence-corrected chi connectivity index (χ0v) is 9.29. The first kappa shape index (κ1) is 13.5. The van der Waals surface area contributed by atoms with E-state index in [1.807, 2.05) is 0 Å². The Morgan fingerprint density at radius 3 is 2.33 bits per heavy atom. The number of primary amides is 1. The number of carbonyl (C=O) groups is 3. The number of hydrogen-bond acceptors (Lipinski definition) is 4. The van der Waals surface area contributed by atoms with E-state index in [0.717, 1.165) is 0 Å². The van der Waals surface area contributed by atoms with Crippen molar-refractivity contribution in [3.63, 3.8) is 0 Å². The maximum atomic E-state index is 11.1. The molecule has 0 bridgehead atoms. The van der Waals surface area contributed by atoms with Crippen molar-refractivity contribution in [2.75, 3.05) is 5.32 Å². The molecule has 0 radical (unpaired) electrons. The summed E-state index contributed by atoms with van der Waals surface area (Å²) in [7, 11) is 0. The number of nitrogens with one attached hydrogen (secondary N) is 1. The summed E-state index contributed by atoms with van der Waals surface area (Å²) >= 11 is 0. The van der Waals surface area contributed by atoms with Gasteiger partial charge in [-0.3, -0.25) is 9.59 Å². The van der Waals surface area contributed by atoms with E-state index in [1.165, 1.54) is 12.1 Å². The third-order valence-corrected chi connectivity index (χ3v) is 2.20. The molecule has 1 aromatic rings. The van der Waals surface area contributed by atoms with Crippen molar-refractivity contribution in [2.45, 2.75) is 12.5 Å². The van der Waals surface area contributed by atoms with Gasteiger partial charge in [-0.15, -0.1) is 0 Å². The molecule has 0 heterocycles. The van der Waals surface area contributed by atoms with Crippen molar-refractivity contribution in [3.8, 4) is 0 Å². The first-order valence-corrected chi connectivity index (χ1v) is 5.01. The van der Waals surface area contributed by atoms with E-state index in [0.29, 0.717) is 0 Å². The average Bonchev–Trinajstić information content (AvgIpc) is 2.27. The van der Waals surface area contributed by atoms with Gasteiger partial charge < -0.3 is 21.3 Å². The first-order chi connectivity index (χ1) is 8.41. The molecule has 5 N–H and O–H groups in total. The van der Waals surface area contributed by atoms with Crippen molar-refractivity contribution in [1.29, 1.82) is 0 Å². The van der Waals surface area contributed by atoms with Crippen LogP contribution in [-0.4, -0.2) is 34.1 Å². The van der Waals surface area contributed by atoms with Crippen molar-refractivity contribution in [1.82, 2.24) is 0 Å². The highest BCUT2D eigenvalue weighted by Gasteiger charge is 2.22. The van der Waals surface area contributed by atoms with Crippen molar-refractivity contribution in [2.24, 2.45) is 5.73 Å². The fourth-order valence-corrected chi connectivity index (χ4v) is 1.39. The van der Waals surface area contributed by atoms with Gasteiger partial charge in [0.25, 0.3) is 5.91 Å². The van der Waals surface area contributed by atoms with Crippen LogP contribution in [0.15, 0.2) is 24.3 Å². The third kappa shape index (κ3) is 3.48. The molecule has 1 amide bonds. The highest BCUT2D eigenvalue weighted by Crippen LogP contribution is 2.16. The lowest BCUT2D eigenvalue weighted by Crippen LogP contribution is -2.32. The van der Waals surface area contributed by atoms with E-state index >= 15 is 0 Å². The van der Waals surface area contributed by atoms with Crippen molar-refractivity contribution >= 4 is 23.5 Å². The van der Waals surface area contributed by atoms with Gasteiger partial charge in [-0.25, -0.2) is 4.79 Å². The Morgan fingerprint density at radius 2 is 1.83 bits per heavy atom. The molecular formula is C11H12N2O5. The second-order valence-electron chi connectivity index (χ2n) is 3.54. The minimum absolute atomic E-state index is 0.106. The van der Waals surface area contributed by atoms with Crippen LogP contribution >= 0.6 is 0 Å². The van der Waals surface area contributed by atoms with Gasteiger partial charge in [0.15, 0.2) is 0 Å². The van der Waals surface area contributed by atoms with Gasteiger partial charge in [-0.05, 0) is 12.1 Å². The summed E-state index contributed by atoms with van der Waals surface area (Å²) in [4.78, 5) is 32.5. The van der Waals surface area contributed by atoms with E-state index in [1.54, 1.807) is 12.1 Å². The number of hydrogen-bond donors (Lipinski definition) is 4. The molecule has 1 unspecified atom stereocenters. The zero-order valence-electron chi connectivity index (χ0n) is 9.29. The standard InChI is InChI=1S/C11H12N2O5/c12-10(16)6-3-1-2-4-7(6)13-8(11(17)18)5-9(14)15/h1-4,8,13H,5H2,(H2,12,16)(H,14,15)(H,17,18). The number of aliphatic carboxylic acids is 2. The lowest BCUT2D eigenvalue weighted by molar-refractivity contribution is -0.144. The lowest BCUT2D eigenvalue weighted by atomic mass is 10.1. The molecule has 0 saturated heterocycles. The number of carboxylic acids is 2. The van der Waals surface area contributed by atoms with Crippen LogP contribution in [0, 0.1) is 0 Å². The van der Waals surface area contributed by atoms with Crippen molar-refractivity contribution in [3.05, 3.63) is 29.8 Å². The number of amides is 1. The molecule has 0 aliphatic carbocycles.